The second-order valence-electron chi connectivity index (χ2n) is 6.33. The first-order valence-electron chi connectivity index (χ1n) is 8.46. The molecule has 2 atom stereocenters. The Morgan fingerprint density at radius 2 is 1.67 bits per heavy atom. The van der Waals surface area contributed by atoms with Gasteiger partial charge in [-0.05, 0) is 43.7 Å². The Balaban J connectivity index is 1.74. The summed E-state index contributed by atoms with van der Waals surface area (Å²) in [5, 5.41) is 2.71. The highest BCUT2D eigenvalue weighted by Gasteiger charge is 2.40. The molecular weight excluding hydrogens is 351 g/mol. The number of rotatable bonds is 5. The molecule has 7 heteroatoms. The first-order valence-corrected chi connectivity index (χ1v) is 8.46. The SMILES string of the molecule is COc1ccc([C@H](C)NC(=O)[C@@H](C)N2C(=O)c3ccccc3C2=O)cc1F. The second-order valence-corrected chi connectivity index (χ2v) is 6.33. The van der Waals surface area contributed by atoms with E-state index in [-0.39, 0.29) is 16.9 Å². The van der Waals surface area contributed by atoms with Gasteiger partial charge in [0, 0.05) is 0 Å². The summed E-state index contributed by atoms with van der Waals surface area (Å²) in [5.41, 5.74) is 1.11. The highest BCUT2D eigenvalue weighted by atomic mass is 19.1. The topological polar surface area (TPSA) is 75.7 Å². The van der Waals surface area contributed by atoms with Gasteiger partial charge in [0.15, 0.2) is 11.6 Å². The summed E-state index contributed by atoms with van der Waals surface area (Å²) >= 11 is 0. The monoisotopic (exact) mass is 370 g/mol. The molecule has 0 bridgehead atoms. The zero-order valence-corrected chi connectivity index (χ0v) is 15.2. The molecule has 3 amide bonds. The van der Waals surface area contributed by atoms with Crippen molar-refractivity contribution >= 4 is 17.7 Å². The fourth-order valence-electron chi connectivity index (χ4n) is 3.05. The average molecular weight is 370 g/mol. The van der Waals surface area contributed by atoms with Crippen LogP contribution in [0.2, 0.25) is 0 Å². The van der Waals surface area contributed by atoms with Crippen molar-refractivity contribution in [3.63, 3.8) is 0 Å². The molecule has 1 N–H and O–H groups in total. The maximum absolute atomic E-state index is 13.9. The number of halogens is 1. The third-order valence-electron chi connectivity index (χ3n) is 4.63. The molecule has 0 saturated heterocycles. The summed E-state index contributed by atoms with van der Waals surface area (Å²) in [6, 6.07) is 9.32. The molecule has 0 radical (unpaired) electrons. The number of nitrogens with zero attached hydrogens (tertiary/aromatic N) is 1. The van der Waals surface area contributed by atoms with Crippen molar-refractivity contribution in [2.45, 2.75) is 25.9 Å². The van der Waals surface area contributed by atoms with Crippen molar-refractivity contribution in [3.8, 4) is 5.75 Å². The molecule has 3 rings (SSSR count). The van der Waals surface area contributed by atoms with Crippen LogP contribution in [0.5, 0.6) is 5.75 Å². The molecule has 0 spiro atoms. The van der Waals surface area contributed by atoms with Crippen LogP contribution >= 0.6 is 0 Å². The van der Waals surface area contributed by atoms with E-state index in [9.17, 15) is 18.8 Å². The van der Waals surface area contributed by atoms with E-state index in [1.807, 2.05) is 0 Å². The molecule has 6 nitrogen and oxygen atoms in total. The molecule has 1 aliphatic heterocycles. The third kappa shape index (κ3) is 3.28. The largest absolute Gasteiger partial charge is 0.494 e. The van der Waals surface area contributed by atoms with Crippen molar-refractivity contribution in [1.82, 2.24) is 10.2 Å². The van der Waals surface area contributed by atoms with Crippen molar-refractivity contribution in [2.24, 2.45) is 0 Å². The van der Waals surface area contributed by atoms with Crippen LogP contribution in [0.25, 0.3) is 0 Å². The van der Waals surface area contributed by atoms with Gasteiger partial charge in [-0.3, -0.25) is 19.3 Å². The van der Waals surface area contributed by atoms with E-state index in [1.54, 1.807) is 37.3 Å². The number of amides is 3. The van der Waals surface area contributed by atoms with E-state index in [1.165, 1.54) is 26.2 Å². The number of fused-ring (bicyclic) bond motifs is 1. The van der Waals surface area contributed by atoms with Gasteiger partial charge in [0.1, 0.15) is 6.04 Å². The smallest absolute Gasteiger partial charge is 0.262 e. The summed E-state index contributed by atoms with van der Waals surface area (Å²) in [4.78, 5) is 38.5. The standard InChI is InChI=1S/C20H19FN2O4/c1-11(13-8-9-17(27-3)16(21)10-13)22-18(24)12(2)23-19(25)14-6-4-5-7-15(14)20(23)26/h4-12H,1-3H3,(H,22,24)/t11-,12+/m0/s1. The molecule has 1 heterocycles. The maximum Gasteiger partial charge on any atom is 0.262 e. The van der Waals surface area contributed by atoms with Crippen LogP contribution in [-0.2, 0) is 4.79 Å². The van der Waals surface area contributed by atoms with Gasteiger partial charge in [-0.25, -0.2) is 4.39 Å². The minimum atomic E-state index is -0.997. The van der Waals surface area contributed by atoms with Gasteiger partial charge in [-0.2, -0.15) is 0 Å². The van der Waals surface area contributed by atoms with E-state index in [2.05, 4.69) is 5.32 Å². The lowest BCUT2D eigenvalue weighted by molar-refractivity contribution is -0.125. The lowest BCUT2D eigenvalue weighted by Crippen LogP contribution is -2.48. The number of carbonyl (C=O) groups is 3. The van der Waals surface area contributed by atoms with Gasteiger partial charge in [0.2, 0.25) is 5.91 Å². The van der Waals surface area contributed by atoms with Crippen LogP contribution in [0.1, 0.15) is 46.2 Å². The van der Waals surface area contributed by atoms with Crippen LogP contribution in [0.3, 0.4) is 0 Å². The Morgan fingerprint density at radius 3 is 2.19 bits per heavy atom. The van der Waals surface area contributed by atoms with Crippen molar-refractivity contribution in [3.05, 3.63) is 65.0 Å². The summed E-state index contributed by atoms with van der Waals surface area (Å²) < 4.78 is 18.7. The second kappa shape index (κ2) is 7.19. The molecule has 0 aromatic heterocycles. The fraction of sp³-hybridized carbons (Fsp3) is 0.250. The number of nitrogens with one attached hydrogen (secondary N) is 1. The van der Waals surface area contributed by atoms with Crippen LogP contribution in [0.15, 0.2) is 42.5 Å². The lowest BCUT2D eigenvalue weighted by Gasteiger charge is -2.24. The number of hydrogen-bond acceptors (Lipinski definition) is 4. The van der Waals surface area contributed by atoms with Crippen LogP contribution < -0.4 is 10.1 Å². The number of methoxy groups -OCH3 is 1. The van der Waals surface area contributed by atoms with Gasteiger partial charge in [-0.15, -0.1) is 0 Å². The number of hydrogen-bond donors (Lipinski definition) is 1. The zero-order valence-electron chi connectivity index (χ0n) is 15.2. The summed E-state index contributed by atoms with van der Waals surface area (Å²) in [6.45, 7) is 3.17. The molecule has 0 fully saturated rings. The van der Waals surface area contributed by atoms with Crippen LogP contribution in [0.4, 0.5) is 4.39 Å². The molecular formula is C20H19FN2O4. The van der Waals surface area contributed by atoms with Gasteiger partial charge < -0.3 is 10.1 Å². The lowest BCUT2D eigenvalue weighted by atomic mass is 10.1. The Morgan fingerprint density at radius 1 is 1.07 bits per heavy atom. The first kappa shape index (κ1) is 18.6. The Bertz CT molecular complexity index is 893. The number of benzene rings is 2. The zero-order chi connectivity index (χ0) is 19.7. The summed E-state index contributed by atoms with van der Waals surface area (Å²) in [7, 11) is 1.37. The predicted octanol–water partition coefficient (Wildman–Crippen LogP) is 2.70. The van der Waals surface area contributed by atoms with Gasteiger partial charge in [-0.1, -0.05) is 18.2 Å². The third-order valence-corrected chi connectivity index (χ3v) is 4.63. The number of ether oxygens (including phenoxy) is 1. The fourth-order valence-corrected chi connectivity index (χ4v) is 3.05. The molecule has 2 aromatic rings. The Kier molecular flexibility index (Phi) is 4.94. The highest BCUT2D eigenvalue weighted by Crippen LogP contribution is 2.25. The average Bonchev–Trinajstić information content (AvgIpc) is 2.92. The molecule has 2 aromatic carbocycles. The van der Waals surface area contributed by atoms with Gasteiger partial charge in [0.25, 0.3) is 11.8 Å². The number of carbonyl (C=O) groups excluding carboxylic acids is 3. The minimum Gasteiger partial charge on any atom is -0.494 e. The van der Waals surface area contributed by atoms with Crippen LogP contribution in [0, 0.1) is 5.82 Å². The summed E-state index contributed by atoms with van der Waals surface area (Å²) in [6.07, 6.45) is 0. The van der Waals surface area contributed by atoms with Crippen molar-refractivity contribution in [2.75, 3.05) is 7.11 Å². The van der Waals surface area contributed by atoms with Gasteiger partial charge in [0.05, 0.1) is 24.3 Å². The quantitative estimate of drug-likeness (QED) is 0.821. The van der Waals surface area contributed by atoms with Crippen molar-refractivity contribution < 1.29 is 23.5 Å². The van der Waals surface area contributed by atoms with E-state index >= 15 is 0 Å². The Labute approximate surface area is 155 Å². The van der Waals surface area contributed by atoms with Crippen LogP contribution in [-0.4, -0.2) is 35.8 Å². The summed E-state index contributed by atoms with van der Waals surface area (Å²) in [5.74, 6) is -1.93. The van der Waals surface area contributed by atoms with E-state index in [0.29, 0.717) is 5.56 Å². The minimum absolute atomic E-state index is 0.108. The first-order chi connectivity index (χ1) is 12.8. The molecule has 27 heavy (non-hydrogen) atoms. The molecule has 0 aliphatic carbocycles. The van der Waals surface area contributed by atoms with Gasteiger partial charge >= 0.3 is 0 Å². The molecule has 1 aliphatic rings. The van der Waals surface area contributed by atoms with E-state index in [4.69, 9.17) is 4.74 Å². The predicted molar refractivity (Wildman–Crippen MR) is 95.9 cm³/mol. The Hall–Kier alpha value is -3.22. The normalized spacial score (nSPS) is 15.3. The highest BCUT2D eigenvalue weighted by molar-refractivity contribution is 6.22. The number of imide groups is 1. The molecule has 140 valence electrons. The molecule has 0 unspecified atom stereocenters. The van der Waals surface area contributed by atoms with Crippen molar-refractivity contribution in [1.29, 1.82) is 0 Å². The van der Waals surface area contributed by atoms with E-state index in [0.717, 1.165) is 4.90 Å². The van der Waals surface area contributed by atoms with E-state index < -0.39 is 35.6 Å². The maximum atomic E-state index is 13.9. The molecule has 0 saturated carbocycles.